The molecule has 19 heavy (non-hydrogen) atoms. The predicted octanol–water partition coefficient (Wildman–Crippen LogP) is 1.84. The summed E-state index contributed by atoms with van der Waals surface area (Å²) in [6.07, 6.45) is 0.942. The third-order valence-electron chi connectivity index (χ3n) is 2.29. The monoisotopic (exact) mass is 283 g/mol. The molecular formula is C10H6ClN3O5. The molecular weight excluding hydrogens is 278 g/mol. The van der Waals surface area contributed by atoms with Gasteiger partial charge in [-0.15, -0.1) is 0 Å². The molecule has 0 aliphatic heterocycles. The van der Waals surface area contributed by atoms with E-state index >= 15 is 0 Å². The molecule has 2 rings (SSSR count). The van der Waals surface area contributed by atoms with E-state index in [0.29, 0.717) is 0 Å². The first-order chi connectivity index (χ1) is 8.91. The highest BCUT2D eigenvalue weighted by molar-refractivity contribution is 6.32. The second-order valence-electron chi connectivity index (χ2n) is 3.48. The fourth-order valence-corrected chi connectivity index (χ4v) is 1.77. The lowest BCUT2D eigenvalue weighted by molar-refractivity contribution is -0.384. The zero-order valence-electron chi connectivity index (χ0n) is 9.15. The quantitative estimate of drug-likeness (QED) is 0.655. The molecule has 1 heterocycles. The Kier molecular flexibility index (Phi) is 3.09. The van der Waals surface area contributed by atoms with Crippen molar-refractivity contribution >= 4 is 23.3 Å². The number of aromatic hydroxyl groups is 1. The Morgan fingerprint density at radius 1 is 1.47 bits per heavy atom. The molecule has 1 aromatic carbocycles. The summed E-state index contributed by atoms with van der Waals surface area (Å²) in [6, 6.07) is 3.97. The Balaban J connectivity index is 2.68. The van der Waals surface area contributed by atoms with E-state index in [1.165, 1.54) is 18.2 Å². The maximum atomic E-state index is 10.9. The number of para-hydroxylation sites is 1. The van der Waals surface area contributed by atoms with Crippen molar-refractivity contribution in [3.63, 3.8) is 0 Å². The molecule has 0 aliphatic rings. The maximum Gasteiger partial charge on any atom is 0.360 e. The first-order valence-corrected chi connectivity index (χ1v) is 5.25. The van der Waals surface area contributed by atoms with Gasteiger partial charge in [0.15, 0.2) is 11.4 Å². The van der Waals surface area contributed by atoms with E-state index in [9.17, 15) is 20.0 Å². The zero-order chi connectivity index (χ0) is 14.2. The third kappa shape index (κ3) is 2.20. The van der Waals surface area contributed by atoms with Crippen molar-refractivity contribution in [2.75, 3.05) is 0 Å². The number of carboxylic acid groups (broad SMARTS) is 1. The number of nitro groups is 1. The third-order valence-corrected chi connectivity index (χ3v) is 2.59. The summed E-state index contributed by atoms with van der Waals surface area (Å²) >= 11 is 5.85. The van der Waals surface area contributed by atoms with Crippen molar-refractivity contribution in [3.05, 3.63) is 45.2 Å². The van der Waals surface area contributed by atoms with Crippen LogP contribution in [0.3, 0.4) is 0 Å². The van der Waals surface area contributed by atoms with Crippen LogP contribution in [0.1, 0.15) is 10.5 Å². The number of carboxylic acids is 1. The first-order valence-electron chi connectivity index (χ1n) is 4.87. The average molecular weight is 284 g/mol. The average Bonchev–Trinajstić information content (AvgIpc) is 2.70. The molecule has 2 aromatic rings. The standard InChI is InChI=1S/C10H6ClN3O5/c11-5-2-1-3-6(14(18)19)9(5)13-4-7(15)8(12-13)10(16)17/h1-4,15H,(H,16,17). The van der Waals surface area contributed by atoms with Crippen molar-refractivity contribution < 1.29 is 19.9 Å². The van der Waals surface area contributed by atoms with Crippen LogP contribution in [0.15, 0.2) is 24.4 Å². The van der Waals surface area contributed by atoms with Crippen molar-refractivity contribution in [3.8, 4) is 11.4 Å². The van der Waals surface area contributed by atoms with Crippen molar-refractivity contribution in [2.24, 2.45) is 0 Å². The van der Waals surface area contributed by atoms with Crippen LogP contribution in [0.2, 0.25) is 5.02 Å². The van der Waals surface area contributed by atoms with E-state index in [-0.39, 0.29) is 16.4 Å². The maximum absolute atomic E-state index is 10.9. The van der Waals surface area contributed by atoms with Crippen LogP contribution in [-0.2, 0) is 0 Å². The van der Waals surface area contributed by atoms with Gasteiger partial charge in [-0.25, -0.2) is 9.48 Å². The number of hydrogen-bond donors (Lipinski definition) is 2. The highest BCUT2D eigenvalue weighted by atomic mass is 35.5. The summed E-state index contributed by atoms with van der Waals surface area (Å²) in [7, 11) is 0. The highest BCUT2D eigenvalue weighted by Crippen LogP contribution is 2.31. The van der Waals surface area contributed by atoms with Gasteiger partial charge in [0.1, 0.15) is 0 Å². The Labute approximate surface area is 110 Å². The number of halogens is 1. The lowest BCUT2D eigenvalue weighted by Gasteiger charge is -2.04. The van der Waals surface area contributed by atoms with Crippen molar-refractivity contribution in [2.45, 2.75) is 0 Å². The van der Waals surface area contributed by atoms with E-state index in [1.54, 1.807) is 0 Å². The molecule has 0 aliphatic carbocycles. The van der Waals surface area contributed by atoms with Gasteiger partial charge in [0.05, 0.1) is 16.1 Å². The van der Waals surface area contributed by atoms with Crippen molar-refractivity contribution in [1.29, 1.82) is 0 Å². The van der Waals surface area contributed by atoms with Crippen LogP contribution in [0.4, 0.5) is 5.69 Å². The summed E-state index contributed by atoms with van der Waals surface area (Å²) in [5.74, 6) is -2.06. The summed E-state index contributed by atoms with van der Waals surface area (Å²) in [4.78, 5) is 21.0. The minimum Gasteiger partial charge on any atom is -0.504 e. The minimum atomic E-state index is -1.45. The molecule has 8 nitrogen and oxygen atoms in total. The minimum absolute atomic E-state index is 0.00800. The molecule has 0 saturated heterocycles. The Morgan fingerprint density at radius 2 is 2.16 bits per heavy atom. The number of carbonyl (C=O) groups is 1. The van der Waals surface area contributed by atoms with Gasteiger partial charge in [0, 0.05) is 6.07 Å². The molecule has 0 spiro atoms. The lowest BCUT2D eigenvalue weighted by atomic mass is 10.2. The topological polar surface area (TPSA) is 118 Å². The van der Waals surface area contributed by atoms with Crippen LogP contribution in [0.25, 0.3) is 5.69 Å². The van der Waals surface area contributed by atoms with Gasteiger partial charge in [0.25, 0.3) is 5.69 Å². The molecule has 98 valence electrons. The SMILES string of the molecule is O=C(O)c1nn(-c2c(Cl)cccc2[N+](=O)[O-])cc1O. The predicted molar refractivity (Wildman–Crippen MR) is 63.9 cm³/mol. The van der Waals surface area contributed by atoms with Gasteiger partial charge in [-0.05, 0) is 6.07 Å². The number of nitrogens with zero attached hydrogens (tertiary/aromatic N) is 3. The van der Waals surface area contributed by atoms with Gasteiger partial charge < -0.3 is 10.2 Å². The Hall–Kier alpha value is -2.61. The van der Waals surface area contributed by atoms with E-state index in [0.717, 1.165) is 10.9 Å². The molecule has 0 bridgehead atoms. The molecule has 1 aromatic heterocycles. The van der Waals surface area contributed by atoms with Crippen LogP contribution >= 0.6 is 11.6 Å². The fraction of sp³-hybridized carbons (Fsp3) is 0. The van der Waals surface area contributed by atoms with Crippen molar-refractivity contribution in [1.82, 2.24) is 9.78 Å². The smallest absolute Gasteiger partial charge is 0.360 e. The van der Waals surface area contributed by atoms with Gasteiger partial charge in [-0.3, -0.25) is 10.1 Å². The number of hydrogen-bond acceptors (Lipinski definition) is 5. The molecule has 2 N–H and O–H groups in total. The van der Waals surface area contributed by atoms with E-state index in [1.807, 2.05) is 0 Å². The number of aromatic carboxylic acids is 1. The summed E-state index contributed by atoms with van der Waals surface area (Å²) in [6.45, 7) is 0. The van der Waals surface area contributed by atoms with Gasteiger partial charge in [0.2, 0.25) is 5.69 Å². The largest absolute Gasteiger partial charge is 0.504 e. The van der Waals surface area contributed by atoms with Crippen LogP contribution in [0.5, 0.6) is 5.75 Å². The Bertz CT molecular complexity index is 682. The van der Waals surface area contributed by atoms with Crippen LogP contribution in [-0.4, -0.2) is 30.9 Å². The second kappa shape index (κ2) is 4.58. The van der Waals surface area contributed by atoms with Crippen LogP contribution in [0, 0.1) is 10.1 Å². The summed E-state index contributed by atoms with van der Waals surface area (Å²) in [5, 5.41) is 32.6. The van der Waals surface area contributed by atoms with Gasteiger partial charge >= 0.3 is 5.97 Å². The lowest BCUT2D eigenvalue weighted by Crippen LogP contribution is -2.04. The number of aromatic nitrogens is 2. The van der Waals surface area contributed by atoms with E-state index < -0.39 is 22.3 Å². The Morgan fingerprint density at radius 3 is 2.68 bits per heavy atom. The van der Waals surface area contributed by atoms with E-state index in [4.69, 9.17) is 16.7 Å². The highest BCUT2D eigenvalue weighted by Gasteiger charge is 2.23. The molecule has 9 heteroatoms. The van der Waals surface area contributed by atoms with Gasteiger partial charge in [-0.2, -0.15) is 5.10 Å². The molecule has 0 fully saturated rings. The fourth-order valence-electron chi connectivity index (χ4n) is 1.51. The van der Waals surface area contributed by atoms with Crippen LogP contribution < -0.4 is 0 Å². The summed E-state index contributed by atoms with van der Waals surface area (Å²) < 4.78 is 0.860. The first kappa shape index (κ1) is 12.8. The van der Waals surface area contributed by atoms with Gasteiger partial charge in [-0.1, -0.05) is 17.7 Å². The second-order valence-corrected chi connectivity index (χ2v) is 3.88. The molecule has 0 atom stereocenters. The number of rotatable bonds is 3. The summed E-state index contributed by atoms with van der Waals surface area (Å²) in [5.41, 5.74) is -1.09. The van der Waals surface area contributed by atoms with E-state index in [2.05, 4.69) is 5.10 Å². The number of benzene rings is 1. The zero-order valence-corrected chi connectivity index (χ0v) is 9.90. The number of nitro benzene ring substituents is 1. The molecule has 0 saturated carbocycles. The molecule has 0 unspecified atom stereocenters. The molecule has 0 amide bonds. The normalized spacial score (nSPS) is 10.4. The molecule has 0 radical (unpaired) electrons.